The Morgan fingerprint density at radius 1 is 0.914 bits per heavy atom. The molecule has 0 radical (unpaired) electrons. The lowest BCUT2D eigenvalue weighted by Gasteiger charge is -2.12. The molecule has 0 saturated heterocycles. The molecule has 2 amide bonds. The van der Waals surface area contributed by atoms with Crippen LogP contribution < -0.4 is 10.6 Å². The summed E-state index contributed by atoms with van der Waals surface area (Å²) >= 11 is 12.8. The van der Waals surface area contributed by atoms with Crippen LogP contribution in [0.4, 0.5) is 5.69 Å². The molecule has 0 aliphatic heterocycles. The van der Waals surface area contributed by atoms with Crippen molar-refractivity contribution < 1.29 is 9.59 Å². The van der Waals surface area contributed by atoms with Crippen LogP contribution in [-0.2, 0) is 0 Å². The maximum absolute atomic E-state index is 12.9. The van der Waals surface area contributed by atoms with Gasteiger partial charge in [-0.05, 0) is 62.6 Å². The highest BCUT2D eigenvalue weighted by Crippen LogP contribution is 2.30. The summed E-state index contributed by atoms with van der Waals surface area (Å²) in [6.07, 6.45) is 1.65. The molecule has 4 rings (SSSR count). The molecule has 1 aromatic heterocycles. The molecule has 0 aliphatic rings. The minimum atomic E-state index is -0.410. The Hall–Kier alpha value is -3.52. The summed E-state index contributed by atoms with van der Waals surface area (Å²) < 4.78 is 0. The van der Waals surface area contributed by atoms with Gasteiger partial charge in [-0.1, -0.05) is 35.3 Å². The molecule has 0 unspecified atom stereocenters. The van der Waals surface area contributed by atoms with E-state index in [0.717, 1.165) is 11.0 Å². The SMILES string of the molecule is CN(C)CCNC(=O)c1ccc(C(=O)Nc2ccc(Cl)c(-c3cnc4ccccc4n3)c2)c(Cl)c1. The Morgan fingerprint density at radius 3 is 2.43 bits per heavy atom. The van der Waals surface area contributed by atoms with Crippen molar-refractivity contribution in [3.63, 3.8) is 0 Å². The molecule has 35 heavy (non-hydrogen) atoms. The summed E-state index contributed by atoms with van der Waals surface area (Å²) in [6, 6.07) is 17.3. The third-order valence-corrected chi connectivity index (χ3v) is 5.91. The van der Waals surface area contributed by atoms with Crippen LogP contribution in [-0.4, -0.2) is 53.9 Å². The first-order chi connectivity index (χ1) is 16.8. The van der Waals surface area contributed by atoms with Crippen molar-refractivity contribution in [3.8, 4) is 11.3 Å². The monoisotopic (exact) mass is 507 g/mol. The van der Waals surface area contributed by atoms with Crippen LogP contribution in [0.15, 0.2) is 66.9 Å². The van der Waals surface area contributed by atoms with E-state index in [4.69, 9.17) is 23.2 Å². The molecule has 0 spiro atoms. The molecule has 178 valence electrons. The number of likely N-dealkylation sites (N-methyl/N-ethyl adjacent to an activating group) is 1. The van der Waals surface area contributed by atoms with Crippen LogP contribution in [0.5, 0.6) is 0 Å². The Bertz CT molecular complexity index is 1410. The zero-order chi connectivity index (χ0) is 24.9. The number of anilines is 1. The van der Waals surface area contributed by atoms with Gasteiger partial charge in [-0.15, -0.1) is 0 Å². The molecule has 0 atom stereocenters. The Balaban J connectivity index is 1.51. The molecule has 0 bridgehead atoms. The van der Waals surface area contributed by atoms with Crippen LogP contribution in [0.2, 0.25) is 10.0 Å². The van der Waals surface area contributed by atoms with Crippen molar-refractivity contribution >= 4 is 51.7 Å². The van der Waals surface area contributed by atoms with E-state index in [2.05, 4.69) is 20.6 Å². The first-order valence-corrected chi connectivity index (χ1v) is 11.6. The molecule has 4 aromatic rings. The van der Waals surface area contributed by atoms with Crippen LogP contribution >= 0.6 is 23.2 Å². The lowest BCUT2D eigenvalue weighted by molar-refractivity contribution is 0.0949. The minimum Gasteiger partial charge on any atom is -0.351 e. The van der Waals surface area contributed by atoms with Gasteiger partial charge < -0.3 is 15.5 Å². The largest absolute Gasteiger partial charge is 0.351 e. The van der Waals surface area contributed by atoms with E-state index in [1.807, 2.05) is 43.3 Å². The number of halogens is 2. The molecule has 1 heterocycles. The van der Waals surface area contributed by atoms with Crippen molar-refractivity contribution in [1.29, 1.82) is 0 Å². The van der Waals surface area contributed by atoms with Gasteiger partial charge >= 0.3 is 0 Å². The number of carbonyl (C=O) groups excluding carboxylic acids is 2. The van der Waals surface area contributed by atoms with E-state index in [1.165, 1.54) is 12.1 Å². The van der Waals surface area contributed by atoms with Gasteiger partial charge in [0.05, 0.1) is 38.5 Å². The highest BCUT2D eigenvalue weighted by Gasteiger charge is 2.15. The molecule has 9 heteroatoms. The first kappa shape index (κ1) is 24.6. The molecule has 0 saturated carbocycles. The van der Waals surface area contributed by atoms with E-state index in [9.17, 15) is 9.59 Å². The average molecular weight is 508 g/mol. The zero-order valence-corrected chi connectivity index (χ0v) is 20.7. The molecule has 0 fully saturated rings. The summed E-state index contributed by atoms with van der Waals surface area (Å²) in [7, 11) is 3.85. The summed E-state index contributed by atoms with van der Waals surface area (Å²) in [6.45, 7) is 1.22. The second kappa shape index (κ2) is 10.8. The normalized spacial score (nSPS) is 11.0. The van der Waals surface area contributed by atoms with E-state index < -0.39 is 5.91 Å². The summed E-state index contributed by atoms with van der Waals surface area (Å²) in [5.74, 6) is -0.660. The van der Waals surface area contributed by atoms with Crippen molar-refractivity contribution in [2.24, 2.45) is 0 Å². The number of amides is 2. The fourth-order valence-corrected chi connectivity index (χ4v) is 3.90. The van der Waals surface area contributed by atoms with E-state index in [-0.39, 0.29) is 16.5 Å². The molecule has 0 aliphatic carbocycles. The highest BCUT2D eigenvalue weighted by molar-refractivity contribution is 6.35. The second-order valence-corrected chi connectivity index (χ2v) is 8.96. The predicted octanol–water partition coefficient (Wildman–Crippen LogP) is 5.15. The smallest absolute Gasteiger partial charge is 0.257 e. The van der Waals surface area contributed by atoms with E-state index >= 15 is 0 Å². The lowest BCUT2D eigenvalue weighted by atomic mass is 10.1. The topological polar surface area (TPSA) is 87.2 Å². The highest BCUT2D eigenvalue weighted by atomic mass is 35.5. The van der Waals surface area contributed by atoms with Gasteiger partial charge in [0.15, 0.2) is 0 Å². The number of para-hydroxylation sites is 2. The maximum Gasteiger partial charge on any atom is 0.257 e. The quantitative estimate of drug-likeness (QED) is 0.361. The molecule has 2 N–H and O–H groups in total. The number of benzene rings is 3. The number of nitrogens with zero attached hydrogens (tertiary/aromatic N) is 3. The molecular formula is C26H23Cl2N5O2. The zero-order valence-electron chi connectivity index (χ0n) is 19.2. The van der Waals surface area contributed by atoms with Gasteiger partial charge in [0.2, 0.25) is 0 Å². The van der Waals surface area contributed by atoms with E-state index in [1.54, 1.807) is 30.5 Å². The first-order valence-electron chi connectivity index (χ1n) is 10.9. The number of nitrogens with one attached hydrogen (secondary N) is 2. The Labute approximate surface area is 213 Å². The van der Waals surface area contributed by atoms with Crippen LogP contribution in [0.25, 0.3) is 22.3 Å². The number of hydrogen-bond donors (Lipinski definition) is 2. The van der Waals surface area contributed by atoms with Gasteiger partial charge in [-0.25, -0.2) is 4.98 Å². The number of aromatic nitrogens is 2. The standard InChI is InChI=1S/C26H23Cl2N5O2/c1-33(2)12-11-29-25(34)16-7-9-18(21(28)13-16)26(35)31-17-8-10-20(27)19(14-17)24-15-30-22-5-3-4-6-23(22)32-24/h3-10,13-15H,11-12H2,1-2H3,(H,29,34)(H,31,35). The van der Waals surface area contributed by atoms with E-state index in [0.29, 0.717) is 40.6 Å². The molecular weight excluding hydrogens is 485 g/mol. The fourth-order valence-electron chi connectivity index (χ4n) is 3.42. The van der Waals surface area contributed by atoms with Crippen molar-refractivity contribution in [2.45, 2.75) is 0 Å². The minimum absolute atomic E-state index is 0.178. The second-order valence-electron chi connectivity index (χ2n) is 8.15. The number of fused-ring (bicyclic) bond motifs is 1. The number of hydrogen-bond acceptors (Lipinski definition) is 5. The Kier molecular flexibility index (Phi) is 7.60. The van der Waals surface area contributed by atoms with Gasteiger partial charge in [-0.3, -0.25) is 14.6 Å². The summed E-state index contributed by atoms with van der Waals surface area (Å²) in [5, 5.41) is 6.31. The third kappa shape index (κ3) is 5.95. The van der Waals surface area contributed by atoms with Crippen molar-refractivity contribution in [3.05, 3.63) is 88.0 Å². The molecule has 7 nitrogen and oxygen atoms in total. The lowest BCUT2D eigenvalue weighted by Crippen LogP contribution is -2.31. The van der Waals surface area contributed by atoms with Gasteiger partial charge in [0, 0.05) is 29.9 Å². The summed E-state index contributed by atoms with van der Waals surface area (Å²) in [5.41, 5.74) is 3.90. The third-order valence-electron chi connectivity index (χ3n) is 5.27. The summed E-state index contributed by atoms with van der Waals surface area (Å²) in [4.78, 5) is 36.3. The molecule has 3 aromatic carbocycles. The van der Waals surface area contributed by atoms with Gasteiger partial charge in [0.1, 0.15) is 0 Å². The fraction of sp³-hybridized carbons (Fsp3) is 0.154. The van der Waals surface area contributed by atoms with Crippen LogP contribution in [0.1, 0.15) is 20.7 Å². The van der Waals surface area contributed by atoms with Gasteiger partial charge in [0.25, 0.3) is 11.8 Å². The van der Waals surface area contributed by atoms with Crippen LogP contribution in [0, 0.1) is 0 Å². The van der Waals surface area contributed by atoms with Gasteiger partial charge in [-0.2, -0.15) is 0 Å². The average Bonchev–Trinajstić information content (AvgIpc) is 2.84. The predicted molar refractivity (Wildman–Crippen MR) is 140 cm³/mol. The van der Waals surface area contributed by atoms with Crippen LogP contribution in [0.3, 0.4) is 0 Å². The number of carbonyl (C=O) groups is 2. The van der Waals surface area contributed by atoms with Crippen molar-refractivity contribution in [1.82, 2.24) is 20.2 Å². The number of rotatable bonds is 7. The maximum atomic E-state index is 12.9. The Morgan fingerprint density at radius 2 is 1.69 bits per heavy atom. The van der Waals surface area contributed by atoms with Crippen molar-refractivity contribution in [2.75, 3.05) is 32.5 Å².